The van der Waals surface area contributed by atoms with Gasteiger partial charge in [-0.15, -0.1) is 0 Å². The zero-order valence-electron chi connectivity index (χ0n) is 14.1. The molecule has 0 heterocycles. The van der Waals surface area contributed by atoms with Gasteiger partial charge in [0.15, 0.2) is 0 Å². The van der Waals surface area contributed by atoms with Crippen LogP contribution in [0.4, 0.5) is 0 Å². The average Bonchev–Trinajstić information content (AvgIpc) is 2.53. The van der Waals surface area contributed by atoms with Gasteiger partial charge in [0.2, 0.25) is 0 Å². The van der Waals surface area contributed by atoms with Gasteiger partial charge in [-0.2, -0.15) is 0 Å². The summed E-state index contributed by atoms with van der Waals surface area (Å²) in [5.41, 5.74) is 1.09. The van der Waals surface area contributed by atoms with Crippen LogP contribution in [0.2, 0.25) is 0 Å². The summed E-state index contributed by atoms with van der Waals surface area (Å²) < 4.78 is 0. The second-order valence-electron chi connectivity index (χ2n) is 7.37. The minimum absolute atomic E-state index is 0.161. The smallest absolute Gasteiger partial charge is 0.332 e. The molecule has 0 bridgehead atoms. The van der Waals surface area contributed by atoms with Crippen molar-refractivity contribution in [3.63, 3.8) is 0 Å². The Morgan fingerprint density at radius 2 is 1.17 bits per heavy atom. The lowest BCUT2D eigenvalue weighted by molar-refractivity contribution is -0.139. The van der Waals surface area contributed by atoms with E-state index in [1.807, 2.05) is 0 Å². The van der Waals surface area contributed by atoms with Crippen molar-refractivity contribution in [1.29, 1.82) is 0 Å². The van der Waals surface area contributed by atoms with Gasteiger partial charge in [0, 0.05) is 5.57 Å². The first-order chi connectivity index (χ1) is 11.1. The summed E-state index contributed by atoms with van der Waals surface area (Å²) in [4.78, 5) is 22.7. The van der Waals surface area contributed by atoms with Gasteiger partial charge in [0.05, 0.1) is 6.42 Å². The zero-order valence-corrected chi connectivity index (χ0v) is 14.1. The van der Waals surface area contributed by atoms with Gasteiger partial charge < -0.3 is 10.2 Å². The molecule has 2 N–H and O–H groups in total. The Balaban J connectivity index is 2.15. The standard InChI is InChI=1S/C19H30O4/c20-18(21)13-17(19(22)23)16(11-14-7-3-1-4-8-14)12-15-9-5-2-6-10-15/h14-15H,1-13H2,(H,20,21)(H,22,23). The summed E-state index contributed by atoms with van der Waals surface area (Å²) in [5.74, 6) is -0.975. The van der Waals surface area contributed by atoms with Crippen molar-refractivity contribution in [2.45, 2.75) is 83.5 Å². The highest BCUT2D eigenvalue weighted by atomic mass is 16.4. The molecule has 0 aromatic rings. The quantitative estimate of drug-likeness (QED) is 0.661. The number of rotatable bonds is 7. The molecule has 2 rings (SSSR count). The summed E-state index contributed by atoms with van der Waals surface area (Å²) >= 11 is 0. The molecule has 4 heteroatoms. The van der Waals surface area contributed by atoms with E-state index in [0.29, 0.717) is 11.8 Å². The Bertz CT molecular complexity index is 418. The van der Waals surface area contributed by atoms with Crippen LogP contribution in [0, 0.1) is 11.8 Å². The Labute approximate surface area is 139 Å². The average molecular weight is 322 g/mol. The molecule has 4 nitrogen and oxygen atoms in total. The van der Waals surface area contributed by atoms with Crippen molar-refractivity contribution in [2.75, 3.05) is 0 Å². The van der Waals surface area contributed by atoms with Crippen molar-refractivity contribution in [1.82, 2.24) is 0 Å². The highest BCUT2D eigenvalue weighted by molar-refractivity contribution is 5.92. The summed E-state index contributed by atoms with van der Waals surface area (Å²) in [6.45, 7) is 0. The van der Waals surface area contributed by atoms with E-state index in [1.165, 1.54) is 38.5 Å². The fourth-order valence-electron chi connectivity index (χ4n) is 4.31. The third-order valence-corrected chi connectivity index (χ3v) is 5.53. The summed E-state index contributed by atoms with van der Waals surface area (Å²) in [7, 11) is 0. The van der Waals surface area contributed by atoms with Crippen LogP contribution >= 0.6 is 0 Å². The number of carboxylic acid groups (broad SMARTS) is 2. The third kappa shape index (κ3) is 6.00. The molecule has 2 saturated carbocycles. The number of carboxylic acids is 2. The van der Waals surface area contributed by atoms with Crippen molar-refractivity contribution < 1.29 is 19.8 Å². The summed E-state index contributed by atoms with van der Waals surface area (Å²) in [6.07, 6.45) is 13.3. The molecule has 130 valence electrons. The Kier molecular flexibility index (Phi) is 7.13. The molecule has 0 spiro atoms. The molecular weight excluding hydrogens is 292 g/mol. The van der Waals surface area contributed by atoms with Gasteiger partial charge in [0.1, 0.15) is 0 Å². The van der Waals surface area contributed by atoms with Crippen molar-refractivity contribution in [2.24, 2.45) is 11.8 Å². The van der Waals surface area contributed by atoms with E-state index in [2.05, 4.69) is 0 Å². The molecule has 0 radical (unpaired) electrons. The van der Waals surface area contributed by atoms with Gasteiger partial charge in [0.25, 0.3) is 0 Å². The fourth-order valence-corrected chi connectivity index (χ4v) is 4.31. The van der Waals surface area contributed by atoms with E-state index in [4.69, 9.17) is 5.11 Å². The molecule has 2 aliphatic carbocycles. The van der Waals surface area contributed by atoms with E-state index >= 15 is 0 Å². The van der Waals surface area contributed by atoms with Crippen molar-refractivity contribution >= 4 is 11.9 Å². The van der Waals surface area contributed by atoms with Crippen LogP contribution < -0.4 is 0 Å². The van der Waals surface area contributed by atoms with Crippen LogP contribution in [0.15, 0.2) is 11.1 Å². The minimum Gasteiger partial charge on any atom is -0.481 e. The van der Waals surface area contributed by atoms with Gasteiger partial charge in [-0.3, -0.25) is 4.79 Å². The summed E-state index contributed by atoms with van der Waals surface area (Å²) in [5, 5.41) is 18.6. The molecule has 2 fully saturated rings. The largest absolute Gasteiger partial charge is 0.481 e. The highest BCUT2D eigenvalue weighted by Gasteiger charge is 2.25. The van der Waals surface area contributed by atoms with E-state index in [0.717, 1.165) is 44.1 Å². The Hall–Kier alpha value is -1.32. The first-order valence-electron chi connectivity index (χ1n) is 9.22. The van der Waals surface area contributed by atoms with Crippen LogP contribution in [0.5, 0.6) is 0 Å². The minimum atomic E-state index is -1.04. The second kappa shape index (κ2) is 9.09. The van der Waals surface area contributed by atoms with Gasteiger partial charge >= 0.3 is 11.9 Å². The van der Waals surface area contributed by atoms with Gasteiger partial charge in [-0.1, -0.05) is 69.8 Å². The molecule has 0 amide bonds. The number of hydrogen-bond donors (Lipinski definition) is 2. The predicted octanol–water partition coefficient (Wildman–Crippen LogP) is 4.78. The topological polar surface area (TPSA) is 74.6 Å². The lowest BCUT2D eigenvalue weighted by Gasteiger charge is -2.27. The molecule has 0 saturated heterocycles. The number of aliphatic carboxylic acids is 2. The predicted molar refractivity (Wildman–Crippen MR) is 89.3 cm³/mol. The van der Waals surface area contributed by atoms with Crippen LogP contribution in [0.25, 0.3) is 0 Å². The molecule has 0 atom stereocenters. The Morgan fingerprint density at radius 1 is 0.739 bits per heavy atom. The Morgan fingerprint density at radius 3 is 1.52 bits per heavy atom. The van der Waals surface area contributed by atoms with Crippen LogP contribution in [0.3, 0.4) is 0 Å². The molecule has 0 aliphatic heterocycles. The first-order valence-corrected chi connectivity index (χ1v) is 9.22. The molecule has 2 aliphatic rings. The highest BCUT2D eigenvalue weighted by Crippen LogP contribution is 2.36. The first kappa shape index (κ1) is 18.0. The van der Waals surface area contributed by atoms with Crippen molar-refractivity contribution in [3.8, 4) is 0 Å². The summed E-state index contributed by atoms with van der Waals surface area (Å²) in [6, 6.07) is 0. The maximum atomic E-state index is 11.6. The molecule has 0 unspecified atom stereocenters. The SMILES string of the molecule is O=C(O)CC(C(=O)O)=C(CC1CCCCC1)CC1CCCCC1. The molecule has 0 aromatic heterocycles. The van der Waals surface area contributed by atoms with E-state index in [1.54, 1.807) is 0 Å². The normalized spacial score (nSPS) is 20.2. The number of carbonyl (C=O) groups is 2. The van der Waals surface area contributed by atoms with E-state index < -0.39 is 11.9 Å². The van der Waals surface area contributed by atoms with Gasteiger partial charge in [-0.25, -0.2) is 4.79 Å². The van der Waals surface area contributed by atoms with E-state index in [9.17, 15) is 14.7 Å². The second-order valence-corrected chi connectivity index (χ2v) is 7.37. The third-order valence-electron chi connectivity index (χ3n) is 5.53. The molecule has 0 aromatic carbocycles. The maximum absolute atomic E-state index is 11.6. The fraction of sp³-hybridized carbons (Fsp3) is 0.789. The van der Waals surface area contributed by atoms with E-state index in [-0.39, 0.29) is 12.0 Å². The van der Waals surface area contributed by atoms with Crippen LogP contribution in [0.1, 0.15) is 83.5 Å². The van der Waals surface area contributed by atoms with Gasteiger partial charge in [-0.05, 0) is 24.7 Å². The number of allylic oxidation sites excluding steroid dienone is 1. The lowest BCUT2D eigenvalue weighted by Crippen LogP contribution is -2.17. The monoisotopic (exact) mass is 322 g/mol. The zero-order chi connectivity index (χ0) is 16.7. The maximum Gasteiger partial charge on any atom is 0.332 e. The lowest BCUT2D eigenvalue weighted by atomic mass is 9.78. The van der Waals surface area contributed by atoms with Crippen molar-refractivity contribution in [3.05, 3.63) is 11.1 Å². The van der Waals surface area contributed by atoms with Crippen LogP contribution in [-0.2, 0) is 9.59 Å². The molecule has 23 heavy (non-hydrogen) atoms. The van der Waals surface area contributed by atoms with Crippen LogP contribution in [-0.4, -0.2) is 22.2 Å². The number of hydrogen-bond acceptors (Lipinski definition) is 2. The molecular formula is C19H30O4.